The van der Waals surface area contributed by atoms with Gasteiger partial charge in [0, 0.05) is 31.2 Å². The van der Waals surface area contributed by atoms with Crippen molar-refractivity contribution in [1.29, 1.82) is 0 Å². The minimum Gasteiger partial charge on any atom is -0.340 e. The highest BCUT2D eigenvalue weighted by molar-refractivity contribution is 5.79. The van der Waals surface area contributed by atoms with Gasteiger partial charge in [-0.15, -0.1) is 0 Å². The maximum atomic E-state index is 12.7. The molecule has 3 rings (SSSR count). The van der Waals surface area contributed by atoms with Gasteiger partial charge < -0.3 is 10.2 Å². The molecule has 1 aromatic heterocycles. The normalized spacial score (nSPS) is 30.4. The van der Waals surface area contributed by atoms with Gasteiger partial charge in [-0.3, -0.25) is 9.48 Å². The van der Waals surface area contributed by atoms with Crippen LogP contribution in [0.1, 0.15) is 44.2 Å². The zero-order valence-electron chi connectivity index (χ0n) is 13.1. The van der Waals surface area contributed by atoms with Crippen LogP contribution in [0, 0.1) is 12.8 Å². The van der Waals surface area contributed by atoms with Gasteiger partial charge in [0.15, 0.2) is 0 Å². The minimum atomic E-state index is 0.208. The monoisotopic (exact) mass is 290 g/mol. The van der Waals surface area contributed by atoms with Crippen molar-refractivity contribution >= 4 is 5.91 Å². The second-order valence-corrected chi connectivity index (χ2v) is 6.65. The molecule has 3 atom stereocenters. The molecule has 0 aromatic carbocycles. The lowest BCUT2D eigenvalue weighted by Gasteiger charge is -2.37. The number of amides is 1. The molecule has 116 valence electrons. The van der Waals surface area contributed by atoms with Gasteiger partial charge in [-0.25, -0.2) is 0 Å². The second kappa shape index (κ2) is 6.18. The quantitative estimate of drug-likeness (QED) is 0.902. The Morgan fingerprint density at radius 2 is 2.29 bits per heavy atom. The largest absolute Gasteiger partial charge is 0.340 e. The van der Waals surface area contributed by atoms with Crippen molar-refractivity contribution in [1.82, 2.24) is 20.0 Å². The summed E-state index contributed by atoms with van der Waals surface area (Å²) in [5.74, 6) is 0.566. The first-order chi connectivity index (χ1) is 10.1. The molecular formula is C16H26N4O. The zero-order valence-corrected chi connectivity index (χ0v) is 13.1. The maximum absolute atomic E-state index is 12.7. The van der Waals surface area contributed by atoms with Crippen LogP contribution in [-0.2, 0) is 4.79 Å². The van der Waals surface area contributed by atoms with E-state index in [-0.39, 0.29) is 5.92 Å². The molecule has 2 fully saturated rings. The SMILES string of the molecule is Cc1cnn(C2CCCN(C(=O)[C@H]3CCN[C@@H](C)C3)C2)c1. The van der Waals surface area contributed by atoms with E-state index >= 15 is 0 Å². The summed E-state index contributed by atoms with van der Waals surface area (Å²) in [4.78, 5) is 14.8. The average molecular weight is 290 g/mol. The Hall–Kier alpha value is -1.36. The number of nitrogens with zero attached hydrogens (tertiary/aromatic N) is 3. The number of hydrogen-bond acceptors (Lipinski definition) is 3. The Labute approximate surface area is 126 Å². The van der Waals surface area contributed by atoms with E-state index in [0.29, 0.717) is 18.0 Å². The highest BCUT2D eigenvalue weighted by atomic mass is 16.2. The highest BCUT2D eigenvalue weighted by Crippen LogP contribution is 2.25. The van der Waals surface area contributed by atoms with E-state index < -0.39 is 0 Å². The predicted molar refractivity (Wildman–Crippen MR) is 82.0 cm³/mol. The Kier molecular flexibility index (Phi) is 4.29. The third-order valence-corrected chi connectivity index (χ3v) is 4.79. The van der Waals surface area contributed by atoms with Crippen molar-refractivity contribution < 1.29 is 4.79 Å². The van der Waals surface area contributed by atoms with Crippen molar-refractivity contribution in [3.63, 3.8) is 0 Å². The van der Waals surface area contributed by atoms with Crippen molar-refractivity contribution in [3.8, 4) is 0 Å². The third kappa shape index (κ3) is 3.28. The molecule has 0 spiro atoms. The molecule has 1 unspecified atom stereocenters. The van der Waals surface area contributed by atoms with E-state index in [9.17, 15) is 4.79 Å². The van der Waals surface area contributed by atoms with Crippen LogP contribution in [0.3, 0.4) is 0 Å². The number of likely N-dealkylation sites (tertiary alicyclic amines) is 1. The zero-order chi connectivity index (χ0) is 14.8. The molecule has 2 saturated heterocycles. The topological polar surface area (TPSA) is 50.2 Å². The van der Waals surface area contributed by atoms with Gasteiger partial charge in [-0.2, -0.15) is 5.10 Å². The summed E-state index contributed by atoms with van der Waals surface area (Å²) in [7, 11) is 0. The molecular weight excluding hydrogens is 264 g/mol. The van der Waals surface area contributed by atoms with E-state index in [1.807, 2.05) is 10.9 Å². The lowest BCUT2D eigenvalue weighted by molar-refractivity contribution is -0.138. The summed E-state index contributed by atoms with van der Waals surface area (Å²) in [6.07, 6.45) is 8.13. The van der Waals surface area contributed by atoms with Crippen molar-refractivity contribution in [3.05, 3.63) is 18.0 Å². The number of carbonyl (C=O) groups excluding carboxylic acids is 1. The molecule has 1 aromatic rings. The fourth-order valence-electron chi connectivity index (χ4n) is 3.62. The van der Waals surface area contributed by atoms with Crippen LogP contribution in [0.5, 0.6) is 0 Å². The van der Waals surface area contributed by atoms with Crippen molar-refractivity contribution in [2.45, 2.75) is 51.6 Å². The van der Waals surface area contributed by atoms with Gasteiger partial charge in [-0.1, -0.05) is 0 Å². The summed E-state index contributed by atoms with van der Waals surface area (Å²) < 4.78 is 2.04. The number of piperidine rings is 2. The van der Waals surface area contributed by atoms with E-state index in [4.69, 9.17) is 0 Å². The molecule has 5 nitrogen and oxygen atoms in total. The fraction of sp³-hybridized carbons (Fsp3) is 0.750. The number of aryl methyl sites for hydroxylation is 1. The van der Waals surface area contributed by atoms with Crippen LogP contribution < -0.4 is 5.32 Å². The van der Waals surface area contributed by atoms with Gasteiger partial charge in [0.1, 0.15) is 0 Å². The van der Waals surface area contributed by atoms with E-state index in [2.05, 4.69) is 35.4 Å². The smallest absolute Gasteiger partial charge is 0.225 e. The second-order valence-electron chi connectivity index (χ2n) is 6.65. The molecule has 3 heterocycles. The third-order valence-electron chi connectivity index (χ3n) is 4.79. The van der Waals surface area contributed by atoms with Crippen LogP contribution >= 0.6 is 0 Å². The summed E-state index contributed by atoms with van der Waals surface area (Å²) in [5, 5.41) is 7.85. The molecule has 0 radical (unpaired) electrons. The molecule has 0 aliphatic carbocycles. The number of carbonyl (C=O) groups is 1. The van der Waals surface area contributed by atoms with Crippen LogP contribution in [0.4, 0.5) is 0 Å². The number of aromatic nitrogens is 2. The standard InChI is InChI=1S/C16H26N4O/c1-12-9-18-20(10-12)15-4-3-7-19(11-15)16(21)14-5-6-17-13(2)8-14/h9-10,13-15,17H,3-8,11H2,1-2H3/t13-,14-,15?/m0/s1. The first-order valence-corrected chi connectivity index (χ1v) is 8.16. The molecule has 5 heteroatoms. The van der Waals surface area contributed by atoms with Crippen LogP contribution in [0.25, 0.3) is 0 Å². The molecule has 2 aliphatic heterocycles. The molecule has 0 bridgehead atoms. The van der Waals surface area contributed by atoms with E-state index in [1.165, 1.54) is 5.56 Å². The van der Waals surface area contributed by atoms with Gasteiger partial charge in [0.05, 0.1) is 12.2 Å². The fourth-order valence-corrected chi connectivity index (χ4v) is 3.62. The van der Waals surface area contributed by atoms with Crippen molar-refractivity contribution in [2.75, 3.05) is 19.6 Å². The Morgan fingerprint density at radius 3 is 3.00 bits per heavy atom. The van der Waals surface area contributed by atoms with E-state index in [1.54, 1.807) is 0 Å². The van der Waals surface area contributed by atoms with Gasteiger partial charge >= 0.3 is 0 Å². The maximum Gasteiger partial charge on any atom is 0.225 e. The van der Waals surface area contributed by atoms with Crippen LogP contribution in [-0.4, -0.2) is 46.3 Å². The molecule has 0 saturated carbocycles. The number of hydrogen-bond donors (Lipinski definition) is 1. The van der Waals surface area contributed by atoms with Gasteiger partial charge in [0.2, 0.25) is 5.91 Å². The first kappa shape index (κ1) is 14.6. The molecule has 21 heavy (non-hydrogen) atoms. The van der Waals surface area contributed by atoms with E-state index in [0.717, 1.165) is 45.3 Å². The molecule has 2 aliphatic rings. The highest BCUT2D eigenvalue weighted by Gasteiger charge is 2.31. The van der Waals surface area contributed by atoms with Gasteiger partial charge in [-0.05, 0) is 51.6 Å². The minimum absolute atomic E-state index is 0.208. The Bertz CT molecular complexity index is 498. The molecule has 1 N–H and O–H groups in total. The van der Waals surface area contributed by atoms with Crippen LogP contribution in [0.15, 0.2) is 12.4 Å². The Balaban J connectivity index is 1.64. The molecule has 1 amide bonds. The summed E-state index contributed by atoms with van der Waals surface area (Å²) in [6.45, 7) is 6.93. The van der Waals surface area contributed by atoms with Gasteiger partial charge in [0.25, 0.3) is 0 Å². The van der Waals surface area contributed by atoms with Crippen LogP contribution in [0.2, 0.25) is 0 Å². The van der Waals surface area contributed by atoms with Crippen molar-refractivity contribution in [2.24, 2.45) is 5.92 Å². The summed E-state index contributed by atoms with van der Waals surface area (Å²) in [6, 6.07) is 0.803. The summed E-state index contributed by atoms with van der Waals surface area (Å²) in [5.41, 5.74) is 1.19. The number of rotatable bonds is 2. The average Bonchev–Trinajstić information content (AvgIpc) is 2.93. The predicted octanol–water partition coefficient (Wildman–Crippen LogP) is 1.74. The lowest BCUT2D eigenvalue weighted by Crippen LogP contribution is -2.47. The first-order valence-electron chi connectivity index (χ1n) is 8.16. The number of nitrogens with one attached hydrogen (secondary N) is 1. The lowest BCUT2D eigenvalue weighted by atomic mass is 9.91. The summed E-state index contributed by atoms with van der Waals surface area (Å²) >= 11 is 0. The Morgan fingerprint density at radius 1 is 1.43 bits per heavy atom.